The van der Waals surface area contributed by atoms with Crippen LogP contribution < -0.4 is 4.74 Å². The summed E-state index contributed by atoms with van der Waals surface area (Å²) >= 11 is 0. The van der Waals surface area contributed by atoms with Gasteiger partial charge in [-0.3, -0.25) is 4.79 Å². The molecule has 0 N–H and O–H groups in total. The number of hydrogen-bond acceptors (Lipinski definition) is 4. The average molecular weight is 228 g/mol. The summed E-state index contributed by atoms with van der Waals surface area (Å²) in [5.74, 6) is 0. The first-order chi connectivity index (χ1) is 8.26. The Morgan fingerprint density at radius 1 is 1.24 bits per heavy atom. The number of benzene rings is 1. The van der Waals surface area contributed by atoms with Crippen LogP contribution >= 0.6 is 0 Å². The van der Waals surface area contributed by atoms with E-state index < -0.39 is 0 Å². The number of aldehydes is 1. The second-order valence-electron chi connectivity index (χ2n) is 3.60. The van der Waals surface area contributed by atoms with Gasteiger partial charge in [0.1, 0.15) is 6.29 Å². The van der Waals surface area contributed by atoms with Crippen LogP contribution in [0.25, 0.3) is 11.1 Å². The van der Waals surface area contributed by atoms with Crippen molar-refractivity contribution < 1.29 is 9.53 Å². The molecule has 0 radical (unpaired) electrons. The molecule has 4 nitrogen and oxygen atoms in total. The number of aromatic nitrogens is 2. The summed E-state index contributed by atoms with van der Waals surface area (Å²) in [4.78, 5) is 19.0. The van der Waals surface area contributed by atoms with Gasteiger partial charge < -0.3 is 4.74 Å². The van der Waals surface area contributed by atoms with Gasteiger partial charge in [0, 0.05) is 23.5 Å². The molecule has 0 aliphatic rings. The highest BCUT2D eigenvalue weighted by molar-refractivity contribution is 5.82. The van der Waals surface area contributed by atoms with Crippen molar-refractivity contribution in [3.63, 3.8) is 0 Å². The van der Waals surface area contributed by atoms with Gasteiger partial charge in [-0.15, -0.1) is 0 Å². The summed E-state index contributed by atoms with van der Waals surface area (Å²) in [6.07, 6.45) is 4.22. The average Bonchev–Trinajstić information content (AvgIpc) is 2.39. The normalized spacial score (nSPS) is 10.0. The minimum atomic E-state index is 0.331. The van der Waals surface area contributed by atoms with E-state index in [4.69, 9.17) is 4.74 Å². The lowest BCUT2D eigenvalue weighted by molar-refractivity contribution is 0.112. The topological polar surface area (TPSA) is 52.1 Å². The van der Waals surface area contributed by atoms with Crippen molar-refractivity contribution in [2.45, 2.75) is 6.92 Å². The van der Waals surface area contributed by atoms with Crippen LogP contribution in [0.2, 0.25) is 0 Å². The number of methoxy groups -OCH3 is 1. The highest BCUT2D eigenvalue weighted by Gasteiger charge is 2.06. The van der Waals surface area contributed by atoms with E-state index in [1.807, 2.05) is 19.1 Å². The number of ether oxygens (including phenoxy) is 1. The molecule has 0 atom stereocenters. The molecule has 1 aromatic carbocycles. The SMILES string of the molecule is COc1ncc(-c2cccc(C=O)c2C)cn1. The summed E-state index contributed by atoms with van der Waals surface area (Å²) in [6.45, 7) is 1.91. The molecule has 17 heavy (non-hydrogen) atoms. The number of nitrogens with zero attached hydrogens (tertiary/aromatic N) is 2. The molecule has 1 aromatic heterocycles. The Morgan fingerprint density at radius 2 is 1.94 bits per heavy atom. The molecule has 0 bridgehead atoms. The van der Waals surface area contributed by atoms with Gasteiger partial charge in [-0.25, -0.2) is 9.97 Å². The van der Waals surface area contributed by atoms with E-state index >= 15 is 0 Å². The number of hydrogen-bond donors (Lipinski definition) is 0. The lowest BCUT2D eigenvalue weighted by Crippen LogP contribution is -1.94. The van der Waals surface area contributed by atoms with Gasteiger partial charge in [-0.2, -0.15) is 0 Å². The molecule has 0 amide bonds. The molecule has 4 heteroatoms. The third-order valence-electron chi connectivity index (χ3n) is 2.62. The third kappa shape index (κ3) is 2.15. The number of rotatable bonds is 3. The summed E-state index contributed by atoms with van der Waals surface area (Å²) < 4.78 is 4.90. The van der Waals surface area contributed by atoms with Crippen molar-refractivity contribution in [3.05, 3.63) is 41.7 Å². The monoisotopic (exact) mass is 228 g/mol. The van der Waals surface area contributed by atoms with E-state index in [2.05, 4.69) is 9.97 Å². The van der Waals surface area contributed by atoms with E-state index in [0.717, 1.165) is 23.0 Å². The first-order valence-corrected chi connectivity index (χ1v) is 5.17. The molecule has 0 aliphatic heterocycles. The van der Waals surface area contributed by atoms with Gasteiger partial charge >= 0.3 is 6.01 Å². The van der Waals surface area contributed by atoms with Gasteiger partial charge in [0.15, 0.2) is 0 Å². The molecule has 0 saturated heterocycles. The number of carbonyl (C=O) groups excluding carboxylic acids is 1. The molecule has 2 aromatic rings. The molecular formula is C13H12N2O2. The molecule has 0 spiro atoms. The highest BCUT2D eigenvalue weighted by atomic mass is 16.5. The fourth-order valence-electron chi connectivity index (χ4n) is 1.65. The summed E-state index contributed by atoms with van der Waals surface area (Å²) in [5, 5.41) is 0. The van der Waals surface area contributed by atoms with Crippen LogP contribution in [0.1, 0.15) is 15.9 Å². The Balaban J connectivity index is 2.48. The zero-order valence-electron chi connectivity index (χ0n) is 9.68. The second-order valence-corrected chi connectivity index (χ2v) is 3.60. The minimum absolute atomic E-state index is 0.331. The minimum Gasteiger partial charge on any atom is -0.467 e. The van der Waals surface area contributed by atoms with Crippen molar-refractivity contribution in [2.24, 2.45) is 0 Å². The van der Waals surface area contributed by atoms with Crippen molar-refractivity contribution >= 4 is 6.29 Å². The zero-order chi connectivity index (χ0) is 12.3. The number of carbonyl (C=O) groups is 1. The fourth-order valence-corrected chi connectivity index (χ4v) is 1.65. The maximum absolute atomic E-state index is 10.9. The van der Waals surface area contributed by atoms with Gasteiger partial charge in [-0.05, 0) is 18.1 Å². The molecule has 0 aliphatic carbocycles. The Morgan fingerprint density at radius 3 is 2.53 bits per heavy atom. The molecule has 1 heterocycles. The Bertz CT molecular complexity index is 536. The van der Waals surface area contributed by atoms with Crippen LogP contribution in [0.5, 0.6) is 6.01 Å². The predicted octanol–water partition coefficient (Wildman–Crippen LogP) is 2.27. The largest absolute Gasteiger partial charge is 0.467 e. The summed E-state index contributed by atoms with van der Waals surface area (Å²) in [5.41, 5.74) is 3.43. The Kier molecular flexibility index (Phi) is 3.14. The van der Waals surface area contributed by atoms with Crippen LogP contribution in [-0.2, 0) is 0 Å². The van der Waals surface area contributed by atoms with E-state index in [9.17, 15) is 4.79 Å². The van der Waals surface area contributed by atoms with Crippen LogP contribution in [0, 0.1) is 6.92 Å². The quantitative estimate of drug-likeness (QED) is 0.756. The first-order valence-electron chi connectivity index (χ1n) is 5.17. The van der Waals surface area contributed by atoms with Gasteiger partial charge in [-0.1, -0.05) is 18.2 Å². The molecule has 2 rings (SSSR count). The van der Waals surface area contributed by atoms with Gasteiger partial charge in [0.05, 0.1) is 7.11 Å². The second kappa shape index (κ2) is 4.74. The van der Waals surface area contributed by atoms with Crippen LogP contribution in [0.15, 0.2) is 30.6 Å². The van der Waals surface area contributed by atoms with Gasteiger partial charge in [0.25, 0.3) is 0 Å². The first kappa shape index (κ1) is 11.3. The highest BCUT2D eigenvalue weighted by Crippen LogP contribution is 2.24. The molecule has 0 saturated carbocycles. The van der Waals surface area contributed by atoms with E-state index in [1.54, 1.807) is 18.5 Å². The molecule has 0 fully saturated rings. The van der Waals surface area contributed by atoms with E-state index in [1.165, 1.54) is 7.11 Å². The lowest BCUT2D eigenvalue weighted by atomic mass is 9.99. The third-order valence-corrected chi connectivity index (χ3v) is 2.62. The Labute approximate surface area is 99.3 Å². The van der Waals surface area contributed by atoms with Crippen LogP contribution in [0.3, 0.4) is 0 Å². The van der Waals surface area contributed by atoms with Gasteiger partial charge in [0.2, 0.25) is 0 Å². The predicted molar refractivity (Wildman–Crippen MR) is 64.1 cm³/mol. The van der Waals surface area contributed by atoms with E-state index in [0.29, 0.717) is 11.6 Å². The molecule has 0 unspecified atom stereocenters. The van der Waals surface area contributed by atoms with Crippen molar-refractivity contribution in [1.29, 1.82) is 0 Å². The fraction of sp³-hybridized carbons (Fsp3) is 0.154. The summed E-state index contributed by atoms with van der Waals surface area (Å²) in [6, 6.07) is 5.90. The van der Waals surface area contributed by atoms with Crippen molar-refractivity contribution in [3.8, 4) is 17.1 Å². The van der Waals surface area contributed by atoms with Crippen LogP contribution in [0.4, 0.5) is 0 Å². The van der Waals surface area contributed by atoms with Crippen molar-refractivity contribution in [1.82, 2.24) is 9.97 Å². The maximum Gasteiger partial charge on any atom is 0.316 e. The molecule has 86 valence electrons. The molecular weight excluding hydrogens is 216 g/mol. The van der Waals surface area contributed by atoms with Crippen molar-refractivity contribution in [2.75, 3.05) is 7.11 Å². The van der Waals surface area contributed by atoms with Crippen LogP contribution in [-0.4, -0.2) is 23.4 Å². The summed E-state index contributed by atoms with van der Waals surface area (Å²) in [7, 11) is 1.52. The Hall–Kier alpha value is -2.23. The standard InChI is InChI=1S/C13H12N2O2/c1-9-10(8-16)4-3-5-12(9)11-6-14-13(17-2)15-7-11/h3-8H,1-2H3. The smallest absolute Gasteiger partial charge is 0.316 e. The maximum atomic E-state index is 10.9. The lowest BCUT2D eigenvalue weighted by Gasteiger charge is -2.07. The zero-order valence-corrected chi connectivity index (χ0v) is 9.68. The van der Waals surface area contributed by atoms with E-state index in [-0.39, 0.29) is 0 Å².